The molecular weight excluding hydrogens is 349 g/mol. The van der Waals surface area contributed by atoms with E-state index in [4.69, 9.17) is 11.5 Å². The molecule has 3 aromatic carbocycles. The van der Waals surface area contributed by atoms with Crippen molar-refractivity contribution in [2.24, 2.45) is 0 Å². The van der Waals surface area contributed by atoms with Gasteiger partial charge in [-0.1, -0.05) is 36.4 Å². The van der Waals surface area contributed by atoms with Crippen LogP contribution < -0.4 is 11.5 Å². The smallest absolute Gasteiger partial charge is 0.399 e. The maximum Gasteiger partial charge on any atom is 0.416 e. The van der Waals surface area contributed by atoms with Crippen LogP contribution in [-0.2, 0) is 6.18 Å². The van der Waals surface area contributed by atoms with E-state index in [0.29, 0.717) is 11.4 Å². The second-order valence-electron chi connectivity index (χ2n) is 6.78. The number of rotatable bonds is 3. The van der Waals surface area contributed by atoms with Crippen LogP contribution in [0.4, 0.5) is 24.5 Å². The maximum absolute atomic E-state index is 12.9. The fraction of sp³-hybridized carbons (Fsp3) is 0.182. The average molecular weight is 370 g/mol. The summed E-state index contributed by atoms with van der Waals surface area (Å²) >= 11 is 0. The highest BCUT2D eigenvalue weighted by atomic mass is 19.4. The van der Waals surface area contributed by atoms with E-state index in [1.165, 1.54) is 12.1 Å². The number of halogens is 3. The third-order valence-electron chi connectivity index (χ3n) is 4.83. The van der Waals surface area contributed by atoms with E-state index in [1.807, 2.05) is 50.2 Å². The Hall–Kier alpha value is -2.95. The first kappa shape index (κ1) is 18.8. The molecule has 0 aromatic heterocycles. The summed E-state index contributed by atoms with van der Waals surface area (Å²) in [6, 6.07) is 16.7. The molecule has 3 aromatic rings. The van der Waals surface area contributed by atoms with Crippen LogP contribution in [0.2, 0.25) is 0 Å². The summed E-state index contributed by atoms with van der Waals surface area (Å²) in [5.74, 6) is -0.217. The van der Waals surface area contributed by atoms with Gasteiger partial charge >= 0.3 is 6.18 Å². The van der Waals surface area contributed by atoms with Crippen molar-refractivity contribution < 1.29 is 13.2 Å². The fourth-order valence-corrected chi connectivity index (χ4v) is 3.20. The van der Waals surface area contributed by atoms with Gasteiger partial charge < -0.3 is 11.5 Å². The van der Waals surface area contributed by atoms with Crippen LogP contribution in [0, 0.1) is 13.8 Å². The minimum Gasteiger partial charge on any atom is -0.399 e. The number of nitrogen functional groups attached to an aromatic ring is 2. The van der Waals surface area contributed by atoms with Crippen molar-refractivity contribution in [1.82, 2.24) is 0 Å². The molecule has 0 fully saturated rings. The quantitative estimate of drug-likeness (QED) is 0.461. The summed E-state index contributed by atoms with van der Waals surface area (Å²) in [6.07, 6.45) is -4.36. The van der Waals surface area contributed by atoms with Crippen LogP contribution in [0.25, 0.3) is 0 Å². The number of hydrogen-bond acceptors (Lipinski definition) is 2. The van der Waals surface area contributed by atoms with Gasteiger partial charge in [0.1, 0.15) is 0 Å². The molecule has 3 rings (SSSR count). The molecule has 4 N–H and O–H groups in total. The summed E-state index contributed by atoms with van der Waals surface area (Å²) in [4.78, 5) is 0. The van der Waals surface area contributed by atoms with Gasteiger partial charge in [-0.2, -0.15) is 13.2 Å². The lowest BCUT2D eigenvalue weighted by molar-refractivity contribution is -0.137. The first-order chi connectivity index (χ1) is 12.7. The van der Waals surface area contributed by atoms with Gasteiger partial charge in [0, 0.05) is 17.3 Å². The highest BCUT2D eigenvalue weighted by Gasteiger charge is 2.30. The molecule has 0 radical (unpaired) electrons. The maximum atomic E-state index is 12.9. The second-order valence-corrected chi connectivity index (χ2v) is 6.78. The molecule has 0 amide bonds. The van der Waals surface area contributed by atoms with E-state index < -0.39 is 11.7 Å². The molecule has 0 heterocycles. The Morgan fingerprint density at radius 1 is 0.667 bits per heavy atom. The standard InChI is InChI=1S/C22H21F3N2/c1-13-11-16(5-9-19(13)26)21(17-6-10-20(27)14(2)12-17)15-3-7-18(8-4-15)22(23,24)25/h3-12,21H,26-27H2,1-2H3. The molecular formula is C22H21F3N2. The van der Waals surface area contributed by atoms with Crippen molar-refractivity contribution in [2.45, 2.75) is 25.9 Å². The predicted molar refractivity (Wildman–Crippen MR) is 104 cm³/mol. The molecule has 0 unspecified atom stereocenters. The van der Waals surface area contributed by atoms with Crippen molar-refractivity contribution in [1.29, 1.82) is 0 Å². The zero-order valence-electron chi connectivity index (χ0n) is 15.1. The first-order valence-electron chi connectivity index (χ1n) is 8.56. The van der Waals surface area contributed by atoms with Crippen LogP contribution >= 0.6 is 0 Å². The van der Waals surface area contributed by atoms with Gasteiger partial charge in [-0.05, 0) is 65.9 Å². The summed E-state index contributed by atoms with van der Waals surface area (Å²) in [5, 5.41) is 0. The second kappa shape index (κ2) is 6.99. The lowest BCUT2D eigenvalue weighted by Gasteiger charge is -2.21. The summed E-state index contributed by atoms with van der Waals surface area (Å²) in [5.41, 5.74) is 17.1. The molecule has 5 heteroatoms. The highest BCUT2D eigenvalue weighted by molar-refractivity contribution is 5.55. The number of nitrogens with two attached hydrogens (primary N) is 2. The Balaban J connectivity index is 2.14. The Labute approximate surface area is 156 Å². The van der Waals surface area contributed by atoms with Gasteiger partial charge in [-0.25, -0.2) is 0 Å². The Morgan fingerprint density at radius 3 is 1.44 bits per heavy atom. The minimum absolute atomic E-state index is 0.217. The summed E-state index contributed by atoms with van der Waals surface area (Å²) in [6.45, 7) is 3.83. The number of anilines is 2. The average Bonchev–Trinajstić information content (AvgIpc) is 2.61. The van der Waals surface area contributed by atoms with E-state index in [2.05, 4.69) is 0 Å². The van der Waals surface area contributed by atoms with Gasteiger partial charge in [0.2, 0.25) is 0 Å². The summed E-state index contributed by atoms with van der Waals surface area (Å²) < 4.78 is 38.8. The van der Waals surface area contributed by atoms with Crippen molar-refractivity contribution in [3.05, 3.63) is 94.0 Å². The number of aryl methyl sites for hydroxylation is 2. The zero-order valence-corrected chi connectivity index (χ0v) is 15.1. The van der Waals surface area contributed by atoms with Gasteiger partial charge in [-0.15, -0.1) is 0 Å². The van der Waals surface area contributed by atoms with E-state index in [1.54, 1.807) is 0 Å². The molecule has 0 aliphatic rings. The molecule has 0 saturated carbocycles. The Morgan fingerprint density at radius 2 is 1.07 bits per heavy atom. The summed E-state index contributed by atoms with van der Waals surface area (Å²) in [7, 11) is 0. The van der Waals surface area contributed by atoms with E-state index in [-0.39, 0.29) is 5.92 Å². The van der Waals surface area contributed by atoms with Crippen LogP contribution in [0.3, 0.4) is 0 Å². The van der Waals surface area contributed by atoms with E-state index in [9.17, 15) is 13.2 Å². The van der Waals surface area contributed by atoms with Gasteiger partial charge in [-0.3, -0.25) is 0 Å². The zero-order chi connectivity index (χ0) is 19.8. The lowest BCUT2D eigenvalue weighted by Crippen LogP contribution is -2.08. The van der Waals surface area contributed by atoms with Gasteiger partial charge in [0.05, 0.1) is 5.56 Å². The van der Waals surface area contributed by atoms with E-state index in [0.717, 1.165) is 39.9 Å². The molecule has 2 nitrogen and oxygen atoms in total. The topological polar surface area (TPSA) is 52.0 Å². The molecule has 0 atom stereocenters. The SMILES string of the molecule is Cc1cc(C(c2ccc(C(F)(F)F)cc2)c2ccc(N)c(C)c2)ccc1N. The lowest BCUT2D eigenvalue weighted by atomic mass is 9.83. The van der Waals surface area contributed by atoms with Crippen molar-refractivity contribution in [2.75, 3.05) is 11.5 Å². The molecule has 27 heavy (non-hydrogen) atoms. The monoisotopic (exact) mass is 370 g/mol. The van der Waals surface area contributed by atoms with E-state index >= 15 is 0 Å². The molecule has 140 valence electrons. The van der Waals surface area contributed by atoms with Gasteiger partial charge in [0.25, 0.3) is 0 Å². The van der Waals surface area contributed by atoms with Gasteiger partial charge in [0.15, 0.2) is 0 Å². The normalized spacial score (nSPS) is 11.8. The van der Waals surface area contributed by atoms with Crippen LogP contribution in [0.15, 0.2) is 60.7 Å². The van der Waals surface area contributed by atoms with Crippen molar-refractivity contribution >= 4 is 11.4 Å². The fourth-order valence-electron chi connectivity index (χ4n) is 3.20. The molecule has 0 aliphatic heterocycles. The number of alkyl halides is 3. The highest BCUT2D eigenvalue weighted by Crippen LogP contribution is 2.36. The predicted octanol–water partition coefficient (Wildman–Crippen LogP) is 5.67. The number of benzene rings is 3. The molecule has 0 bridgehead atoms. The third-order valence-corrected chi connectivity index (χ3v) is 4.83. The Kier molecular flexibility index (Phi) is 4.87. The van der Waals surface area contributed by atoms with Crippen LogP contribution in [-0.4, -0.2) is 0 Å². The first-order valence-corrected chi connectivity index (χ1v) is 8.56. The van der Waals surface area contributed by atoms with Crippen LogP contribution in [0.1, 0.15) is 39.3 Å². The number of hydrogen-bond donors (Lipinski definition) is 2. The Bertz CT molecular complexity index is 909. The third kappa shape index (κ3) is 3.92. The van der Waals surface area contributed by atoms with Crippen molar-refractivity contribution in [3.8, 4) is 0 Å². The van der Waals surface area contributed by atoms with Crippen molar-refractivity contribution in [3.63, 3.8) is 0 Å². The van der Waals surface area contributed by atoms with Crippen LogP contribution in [0.5, 0.6) is 0 Å². The molecule has 0 saturated heterocycles. The minimum atomic E-state index is -4.36. The molecule has 0 spiro atoms. The largest absolute Gasteiger partial charge is 0.416 e. The molecule has 0 aliphatic carbocycles.